The van der Waals surface area contributed by atoms with Gasteiger partial charge in [0.15, 0.2) is 6.61 Å². The Hall–Kier alpha value is -2.06. The van der Waals surface area contributed by atoms with Gasteiger partial charge in [-0.3, -0.25) is 19.3 Å². The molecule has 3 rings (SSSR count). The van der Waals surface area contributed by atoms with Crippen LogP contribution in [0.5, 0.6) is 0 Å². The van der Waals surface area contributed by atoms with E-state index in [4.69, 9.17) is 9.47 Å². The molecule has 0 bridgehead atoms. The van der Waals surface area contributed by atoms with Crippen LogP contribution >= 0.6 is 11.8 Å². The molecule has 1 aromatic rings. The van der Waals surface area contributed by atoms with Gasteiger partial charge in [-0.05, 0) is 12.1 Å². The van der Waals surface area contributed by atoms with Crippen molar-refractivity contribution in [3.05, 3.63) is 24.3 Å². The molecular weight excluding hydrogens is 332 g/mol. The van der Waals surface area contributed by atoms with Crippen molar-refractivity contribution < 1.29 is 23.9 Å². The lowest BCUT2D eigenvalue weighted by atomic mass is 10.2. The maximum Gasteiger partial charge on any atom is 0.326 e. The zero-order valence-electron chi connectivity index (χ0n) is 13.1. The molecule has 2 aliphatic heterocycles. The van der Waals surface area contributed by atoms with Crippen LogP contribution in [-0.2, 0) is 23.9 Å². The standard InChI is InChI=1S/C16H18N2O5S/c19-14(17-5-7-22-8-6-17)10-23-16(21)9-18-12-3-1-2-4-13(12)24-11-15(18)20/h1-4H,5-11H2. The highest BCUT2D eigenvalue weighted by Gasteiger charge is 2.27. The van der Waals surface area contributed by atoms with Gasteiger partial charge in [0, 0.05) is 18.0 Å². The van der Waals surface area contributed by atoms with Gasteiger partial charge in [-0.2, -0.15) is 0 Å². The maximum absolute atomic E-state index is 12.1. The third-order valence-electron chi connectivity index (χ3n) is 3.82. The van der Waals surface area contributed by atoms with Crippen LogP contribution < -0.4 is 4.90 Å². The van der Waals surface area contributed by atoms with Crippen LogP contribution in [0.25, 0.3) is 0 Å². The topological polar surface area (TPSA) is 76.2 Å². The highest BCUT2D eigenvalue weighted by molar-refractivity contribution is 8.00. The number of thioether (sulfide) groups is 1. The molecule has 1 fully saturated rings. The van der Waals surface area contributed by atoms with E-state index in [1.165, 1.54) is 16.7 Å². The Morgan fingerprint density at radius 1 is 1.21 bits per heavy atom. The van der Waals surface area contributed by atoms with E-state index in [0.29, 0.717) is 32.0 Å². The van der Waals surface area contributed by atoms with Gasteiger partial charge in [0.25, 0.3) is 5.91 Å². The number of hydrogen-bond acceptors (Lipinski definition) is 6. The molecule has 0 N–H and O–H groups in total. The number of nitrogens with zero attached hydrogens (tertiary/aromatic N) is 2. The van der Waals surface area contributed by atoms with Crippen molar-refractivity contribution in [2.45, 2.75) is 4.90 Å². The Morgan fingerprint density at radius 2 is 1.96 bits per heavy atom. The number of carbonyl (C=O) groups excluding carboxylic acids is 3. The number of esters is 1. The third kappa shape index (κ3) is 3.88. The molecule has 0 saturated carbocycles. The van der Waals surface area contributed by atoms with E-state index in [9.17, 15) is 14.4 Å². The Morgan fingerprint density at radius 3 is 2.75 bits per heavy atom. The normalized spacial score (nSPS) is 17.4. The zero-order valence-corrected chi connectivity index (χ0v) is 13.9. The van der Waals surface area contributed by atoms with Crippen molar-refractivity contribution in [2.24, 2.45) is 0 Å². The zero-order chi connectivity index (χ0) is 16.9. The van der Waals surface area contributed by atoms with Gasteiger partial charge in [0.05, 0.1) is 24.7 Å². The molecule has 2 heterocycles. The van der Waals surface area contributed by atoms with Crippen LogP contribution in [0.15, 0.2) is 29.2 Å². The van der Waals surface area contributed by atoms with Crippen molar-refractivity contribution in [3.8, 4) is 0 Å². The summed E-state index contributed by atoms with van der Waals surface area (Å²) < 4.78 is 10.2. The molecule has 24 heavy (non-hydrogen) atoms. The molecule has 0 aromatic heterocycles. The summed E-state index contributed by atoms with van der Waals surface area (Å²) in [5.74, 6) is -0.689. The van der Waals surface area contributed by atoms with Crippen molar-refractivity contribution in [1.82, 2.24) is 4.90 Å². The van der Waals surface area contributed by atoms with E-state index in [0.717, 1.165) is 4.90 Å². The van der Waals surface area contributed by atoms with Crippen LogP contribution in [0.3, 0.4) is 0 Å². The summed E-state index contributed by atoms with van der Waals surface area (Å²) >= 11 is 1.45. The monoisotopic (exact) mass is 350 g/mol. The van der Waals surface area contributed by atoms with E-state index in [1.807, 2.05) is 18.2 Å². The molecule has 2 amide bonds. The van der Waals surface area contributed by atoms with Gasteiger partial charge in [0.2, 0.25) is 5.91 Å². The van der Waals surface area contributed by atoms with Crippen molar-refractivity contribution >= 4 is 35.2 Å². The van der Waals surface area contributed by atoms with E-state index in [2.05, 4.69) is 0 Å². The first-order valence-electron chi connectivity index (χ1n) is 7.68. The Bertz CT molecular complexity index is 645. The number of ether oxygens (including phenoxy) is 2. The minimum atomic E-state index is -0.591. The van der Waals surface area contributed by atoms with Gasteiger partial charge in [-0.25, -0.2) is 0 Å². The third-order valence-corrected chi connectivity index (χ3v) is 4.86. The smallest absolute Gasteiger partial charge is 0.326 e. The van der Waals surface area contributed by atoms with Crippen LogP contribution in [0.2, 0.25) is 0 Å². The number of amides is 2. The molecule has 0 spiro atoms. The average molecular weight is 350 g/mol. The summed E-state index contributed by atoms with van der Waals surface area (Å²) in [6.07, 6.45) is 0. The lowest BCUT2D eigenvalue weighted by molar-refractivity contribution is -0.152. The van der Waals surface area contributed by atoms with E-state index in [1.54, 1.807) is 11.0 Å². The van der Waals surface area contributed by atoms with Crippen LogP contribution in [0.1, 0.15) is 0 Å². The average Bonchev–Trinajstić information content (AvgIpc) is 2.63. The second kappa shape index (κ2) is 7.67. The van der Waals surface area contributed by atoms with Gasteiger partial charge >= 0.3 is 5.97 Å². The van der Waals surface area contributed by atoms with Crippen LogP contribution in [-0.4, -0.2) is 67.9 Å². The first-order valence-corrected chi connectivity index (χ1v) is 8.67. The number of anilines is 1. The molecule has 1 aromatic carbocycles. The Kier molecular flexibility index (Phi) is 5.37. The first kappa shape index (κ1) is 16.8. The molecule has 0 unspecified atom stereocenters. The quantitative estimate of drug-likeness (QED) is 0.737. The summed E-state index contributed by atoms with van der Waals surface area (Å²) in [4.78, 5) is 40.1. The number of morpholine rings is 1. The fourth-order valence-corrected chi connectivity index (χ4v) is 3.48. The van der Waals surface area contributed by atoms with E-state index in [-0.39, 0.29) is 30.7 Å². The number of benzene rings is 1. The fraction of sp³-hybridized carbons (Fsp3) is 0.438. The molecule has 8 heteroatoms. The number of fused-ring (bicyclic) bond motifs is 1. The second-order valence-electron chi connectivity index (χ2n) is 5.39. The summed E-state index contributed by atoms with van der Waals surface area (Å²) in [6.45, 7) is 1.51. The number of hydrogen-bond donors (Lipinski definition) is 0. The lowest BCUT2D eigenvalue weighted by Crippen LogP contribution is -2.44. The van der Waals surface area contributed by atoms with E-state index < -0.39 is 5.97 Å². The summed E-state index contributed by atoms with van der Waals surface area (Å²) in [5.41, 5.74) is 0.704. The number of carbonyl (C=O) groups is 3. The molecular formula is C16H18N2O5S. The molecule has 7 nitrogen and oxygen atoms in total. The van der Waals surface area contributed by atoms with Gasteiger partial charge in [-0.15, -0.1) is 11.8 Å². The van der Waals surface area contributed by atoms with E-state index >= 15 is 0 Å². The minimum Gasteiger partial charge on any atom is -0.454 e. The molecule has 0 radical (unpaired) electrons. The largest absolute Gasteiger partial charge is 0.454 e. The Balaban J connectivity index is 1.55. The van der Waals surface area contributed by atoms with Crippen LogP contribution in [0.4, 0.5) is 5.69 Å². The lowest BCUT2D eigenvalue weighted by Gasteiger charge is -2.28. The first-order chi connectivity index (χ1) is 11.6. The van der Waals surface area contributed by atoms with Gasteiger partial charge < -0.3 is 14.4 Å². The maximum atomic E-state index is 12.1. The van der Waals surface area contributed by atoms with Crippen LogP contribution in [0, 0.1) is 0 Å². The predicted octanol–water partition coefficient (Wildman–Crippen LogP) is 0.527. The SMILES string of the molecule is O=C(CN1C(=O)CSc2ccccc21)OCC(=O)N1CCOCC1. The second-order valence-corrected chi connectivity index (χ2v) is 6.41. The van der Waals surface area contributed by atoms with Crippen molar-refractivity contribution in [2.75, 3.05) is 50.1 Å². The highest BCUT2D eigenvalue weighted by atomic mass is 32.2. The summed E-state index contributed by atoms with van der Waals surface area (Å²) in [6, 6.07) is 7.41. The number of para-hydroxylation sites is 1. The number of rotatable bonds is 4. The van der Waals surface area contributed by atoms with Gasteiger partial charge in [0.1, 0.15) is 6.54 Å². The van der Waals surface area contributed by atoms with Gasteiger partial charge in [-0.1, -0.05) is 12.1 Å². The Labute approximate surface area is 143 Å². The fourth-order valence-electron chi connectivity index (χ4n) is 2.55. The van der Waals surface area contributed by atoms with Crippen molar-refractivity contribution in [1.29, 1.82) is 0 Å². The molecule has 0 atom stereocenters. The van der Waals surface area contributed by atoms with Crippen molar-refractivity contribution in [3.63, 3.8) is 0 Å². The molecule has 2 aliphatic rings. The molecule has 0 aliphatic carbocycles. The summed E-state index contributed by atoms with van der Waals surface area (Å²) in [5, 5.41) is 0. The molecule has 128 valence electrons. The predicted molar refractivity (Wildman–Crippen MR) is 87.9 cm³/mol. The molecule has 1 saturated heterocycles. The highest BCUT2D eigenvalue weighted by Crippen LogP contribution is 2.34. The summed E-state index contributed by atoms with van der Waals surface area (Å²) in [7, 11) is 0. The minimum absolute atomic E-state index is 0.143.